The van der Waals surface area contributed by atoms with Crippen LogP contribution >= 0.6 is 11.6 Å². The molecule has 0 aliphatic heterocycles. The molecular weight excluding hydrogens is 280 g/mol. The number of rotatable bonds is 7. The first kappa shape index (κ1) is 16.4. The van der Waals surface area contributed by atoms with Crippen molar-refractivity contribution in [1.29, 1.82) is 5.26 Å². The molecule has 0 fully saturated rings. The molecule has 7 nitrogen and oxygen atoms in total. The van der Waals surface area contributed by atoms with Gasteiger partial charge in [-0.3, -0.25) is 0 Å². The van der Waals surface area contributed by atoms with Gasteiger partial charge in [0.15, 0.2) is 0 Å². The lowest BCUT2D eigenvalue weighted by Crippen LogP contribution is -2.39. The van der Waals surface area contributed by atoms with Gasteiger partial charge in [-0.2, -0.15) is 20.2 Å². The smallest absolute Gasteiger partial charge is 0.230 e. The van der Waals surface area contributed by atoms with Gasteiger partial charge in [0.2, 0.25) is 17.2 Å². The molecule has 1 unspecified atom stereocenters. The maximum Gasteiger partial charge on any atom is 0.230 e. The average molecular weight is 299 g/mol. The number of methoxy groups -OCH3 is 1. The highest BCUT2D eigenvalue weighted by Crippen LogP contribution is 2.21. The van der Waals surface area contributed by atoms with E-state index in [1.807, 2.05) is 13.8 Å². The molecule has 1 rings (SSSR count). The van der Waals surface area contributed by atoms with Crippen molar-refractivity contribution in [3.63, 3.8) is 0 Å². The summed E-state index contributed by atoms with van der Waals surface area (Å²) in [4.78, 5) is 12.1. The molecule has 0 radical (unpaired) electrons. The van der Waals surface area contributed by atoms with Gasteiger partial charge in [0.1, 0.15) is 5.54 Å². The van der Waals surface area contributed by atoms with Crippen LogP contribution in [-0.4, -0.2) is 40.8 Å². The fourth-order valence-corrected chi connectivity index (χ4v) is 1.44. The number of nitriles is 1. The summed E-state index contributed by atoms with van der Waals surface area (Å²) in [6.45, 7) is 6.74. The molecule has 0 bridgehead atoms. The highest BCUT2D eigenvalue weighted by Gasteiger charge is 2.29. The topological polar surface area (TPSA) is 95.8 Å². The van der Waals surface area contributed by atoms with Crippen LogP contribution in [0.3, 0.4) is 0 Å². The summed E-state index contributed by atoms with van der Waals surface area (Å²) in [5, 5.41) is 15.3. The van der Waals surface area contributed by atoms with Gasteiger partial charge in [-0.05, 0) is 24.4 Å². The van der Waals surface area contributed by atoms with Gasteiger partial charge in [-0.15, -0.1) is 0 Å². The number of halogens is 1. The van der Waals surface area contributed by atoms with Crippen LogP contribution in [0.4, 0.5) is 11.9 Å². The second kappa shape index (κ2) is 7.22. The largest absolute Gasteiger partial charge is 0.383 e. The second-order valence-corrected chi connectivity index (χ2v) is 5.10. The summed E-state index contributed by atoms with van der Waals surface area (Å²) in [5.41, 5.74) is -0.783. The van der Waals surface area contributed by atoms with E-state index in [4.69, 9.17) is 16.3 Å². The molecule has 110 valence electrons. The molecule has 0 saturated heterocycles. The summed E-state index contributed by atoms with van der Waals surface area (Å²) < 4.78 is 4.93. The molecule has 1 heterocycles. The standard InChI is InChI=1S/C12H19ClN6O/c1-8(2)12(3,7-14)19-11-17-9(13)16-10(18-11)15-5-6-20-4/h8H,5-6H2,1-4H3,(H2,15,16,17,18,19). The van der Waals surface area contributed by atoms with E-state index in [9.17, 15) is 5.26 Å². The number of ether oxygens (including phenoxy) is 1. The Morgan fingerprint density at radius 3 is 2.55 bits per heavy atom. The molecule has 8 heteroatoms. The van der Waals surface area contributed by atoms with Crippen LogP contribution in [0.1, 0.15) is 20.8 Å². The SMILES string of the molecule is COCCNc1nc(Cl)nc(NC(C)(C#N)C(C)C)n1. The Hall–Kier alpha value is -1.65. The van der Waals surface area contributed by atoms with Crippen LogP contribution < -0.4 is 10.6 Å². The Labute approximate surface area is 123 Å². The van der Waals surface area contributed by atoms with Crippen molar-refractivity contribution in [1.82, 2.24) is 15.0 Å². The maximum absolute atomic E-state index is 9.28. The van der Waals surface area contributed by atoms with E-state index in [0.29, 0.717) is 19.1 Å². The first-order chi connectivity index (χ1) is 9.41. The Morgan fingerprint density at radius 2 is 2.00 bits per heavy atom. The summed E-state index contributed by atoms with van der Waals surface area (Å²) in [6, 6.07) is 2.22. The Balaban J connectivity index is 2.88. The Kier molecular flexibility index (Phi) is 5.92. The lowest BCUT2D eigenvalue weighted by molar-refractivity contribution is 0.210. The normalized spacial score (nSPS) is 13.7. The van der Waals surface area contributed by atoms with E-state index < -0.39 is 5.54 Å². The van der Waals surface area contributed by atoms with E-state index in [2.05, 4.69) is 31.7 Å². The molecule has 0 spiro atoms. The van der Waals surface area contributed by atoms with Crippen molar-refractivity contribution in [2.45, 2.75) is 26.3 Å². The van der Waals surface area contributed by atoms with E-state index >= 15 is 0 Å². The van der Waals surface area contributed by atoms with Crippen LogP contribution in [-0.2, 0) is 4.74 Å². The lowest BCUT2D eigenvalue weighted by atomic mass is 9.90. The molecule has 1 aromatic heterocycles. The second-order valence-electron chi connectivity index (χ2n) is 4.77. The van der Waals surface area contributed by atoms with Crippen LogP contribution in [0.25, 0.3) is 0 Å². The molecule has 0 aliphatic rings. The van der Waals surface area contributed by atoms with E-state index in [-0.39, 0.29) is 17.1 Å². The third-order valence-electron chi connectivity index (χ3n) is 2.96. The van der Waals surface area contributed by atoms with Crippen molar-refractivity contribution in [3.8, 4) is 6.07 Å². The minimum atomic E-state index is -0.783. The number of hydrogen-bond acceptors (Lipinski definition) is 7. The van der Waals surface area contributed by atoms with Crippen molar-refractivity contribution >= 4 is 23.5 Å². The van der Waals surface area contributed by atoms with Crippen LogP contribution in [0.15, 0.2) is 0 Å². The fourth-order valence-electron chi connectivity index (χ4n) is 1.28. The van der Waals surface area contributed by atoms with Gasteiger partial charge in [0.05, 0.1) is 12.7 Å². The van der Waals surface area contributed by atoms with E-state index in [0.717, 1.165) is 0 Å². The van der Waals surface area contributed by atoms with Crippen LogP contribution in [0, 0.1) is 17.2 Å². The van der Waals surface area contributed by atoms with E-state index in [1.54, 1.807) is 14.0 Å². The van der Waals surface area contributed by atoms with Gasteiger partial charge < -0.3 is 15.4 Å². The predicted octanol–water partition coefficient (Wildman–Crippen LogP) is 1.93. The predicted molar refractivity (Wildman–Crippen MR) is 77.7 cm³/mol. The van der Waals surface area contributed by atoms with Gasteiger partial charge >= 0.3 is 0 Å². The van der Waals surface area contributed by atoms with Gasteiger partial charge in [0, 0.05) is 13.7 Å². The minimum Gasteiger partial charge on any atom is -0.383 e. The molecule has 0 aromatic carbocycles. The van der Waals surface area contributed by atoms with Gasteiger partial charge in [0.25, 0.3) is 0 Å². The first-order valence-corrected chi connectivity index (χ1v) is 6.63. The summed E-state index contributed by atoms with van der Waals surface area (Å²) in [5.74, 6) is 0.684. The zero-order valence-electron chi connectivity index (χ0n) is 12.1. The molecular formula is C12H19ClN6O. The summed E-state index contributed by atoms with van der Waals surface area (Å²) in [7, 11) is 1.61. The maximum atomic E-state index is 9.28. The van der Waals surface area contributed by atoms with Crippen molar-refractivity contribution in [2.24, 2.45) is 5.92 Å². The molecule has 1 aromatic rings. The monoisotopic (exact) mass is 298 g/mol. The number of nitrogens with one attached hydrogen (secondary N) is 2. The third kappa shape index (κ3) is 4.47. The lowest BCUT2D eigenvalue weighted by Gasteiger charge is -2.27. The number of hydrogen-bond donors (Lipinski definition) is 2. The molecule has 1 atom stereocenters. The molecule has 20 heavy (non-hydrogen) atoms. The Bertz CT molecular complexity index is 489. The van der Waals surface area contributed by atoms with Crippen molar-refractivity contribution < 1.29 is 4.74 Å². The average Bonchev–Trinajstić information content (AvgIpc) is 2.38. The zero-order chi connectivity index (χ0) is 15.2. The van der Waals surface area contributed by atoms with Crippen molar-refractivity contribution in [2.75, 3.05) is 30.9 Å². The number of nitrogens with zero attached hydrogens (tertiary/aromatic N) is 4. The van der Waals surface area contributed by atoms with Crippen LogP contribution in [0.2, 0.25) is 5.28 Å². The third-order valence-corrected chi connectivity index (χ3v) is 3.12. The molecule has 2 N–H and O–H groups in total. The zero-order valence-corrected chi connectivity index (χ0v) is 12.8. The number of aromatic nitrogens is 3. The molecule has 0 aliphatic carbocycles. The first-order valence-electron chi connectivity index (χ1n) is 6.25. The summed E-state index contributed by atoms with van der Waals surface area (Å²) >= 11 is 5.86. The van der Waals surface area contributed by atoms with Gasteiger partial charge in [-0.1, -0.05) is 13.8 Å². The van der Waals surface area contributed by atoms with Crippen LogP contribution in [0.5, 0.6) is 0 Å². The summed E-state index contributed by atoms with van der Waals surface area (Å²) in [6.07, 6.45) is 0. The Morgan fingerprint density at radius 1 is 1.35 bits per heavy atom. The quantitative estimate of drug-likeness (QED) is 0.742. The van der Waals surface area contributed by atoms with E-state index in [1.165, 1.54) is 0 Å². The fraction of sp³-hybridized carbons (Fsp3) is 0.667. The minimum absolute atomic E-state index is 0.0615. The number of anilines is 2. The van der Waals surface area contributed by atoms with Crippen molar-refractivity contribution in [3.05, 3.63) is 5.28 Å². The molecule has 0 saturated carbocycles. The molecule has 0 amide bonds. The highest BCUT2D eigenvalue weighted by molar-refractivity contribution is 6.28. The van der Waals surface area contributed by atoms with Gasteiger partial charge in [-0.25, -0.2) is 0 Å². The highest BCUT2D eigenvalue weighted by atomic mass is 35.5.